The van der Waals surface area contributed by atoms with E-state index >= 15 is 0 Å². The normalized spacial score (nSPS) is 11.0. The monoisotopic (exact) mass is 352 g/mol. The number of aryl methyl sites for hydroxylation is 1. The van der Waals surface area contributed by atoms with E-state index in [4.69, 9.17) is 0 Å². The number of rotatable bonds is 3. The van der Waals surface area contributed by atoms with Gasteiger partial charge in [-0.05, 0) is 43.3 Å². The summed E-state index contributed by atoms with van der Waals surface area (Å²) in [5, 5.41) is 7.91. The van der Waals surface area contributed by atoms with Crippen molar-refractivity contribution in [1.82, 2.24) is 14.8 Å². The molecule has 0 radical (unpaired) electrons. The molecule has 0 atom stereocenters. The van der Waals surface area contributed by atoms with Crippen LogP contribution in [0.5, 0.6) is 0 Å². The van der Waals surface area contributed by atoms with E-state index in [0.29, 0.717) is 16.5 Å². The summed E-state index contributed by atoms with van der Waals surface area (Å²) in [5.74, 6) is -0.194. The maximum atomic E-state index is 13.0. The molecular formula is C18H13FN4OS. The maximum absolute atomic E-state index is 13.0. The van der Waals surface area contributed by atoms with Crippen LogP contribution in [-0.4, -0.2) is 20.7 Å². The molecule has 0 aliphatic heterocycles. The van der Waals surface area contributed by atoms with Gasteiger partial charge in [-0.1, -0.05) is 23.5 Å². The van der Waals surface area contributed by atoms with Crippen LogP contribution in [-0.2, 0) is 0 Å². The van der Waals surface area contributed by atoms with Crippen molar-refractivity contribution in [1.29, 1.82) is 0 Å². The highest BCUT2D eigenvalue weighted by Crippen LogP contribution is 2.27. The van der Waals surface area contributed by atoms with Crippen LogP contribution in [0.1, 0.15) is 16.1 Å². The van der Waals surface area contributed by atoms with Gasteiger partial charge in [0.05, 0.1) is 15.9 Å². The van der Waals surface area contributed by atoms with Crippen LogP contribution >= 0.6 is 11.3 Å². The Morgan fingerprint density at radius 2 is 1.92 bits per heavy atom. The Labute approximate surface area is 146 Å². The number of benzene rings is 2. The van der Waals surface area contributed by atoms with Gasteiger partial charge < -0.3 is 5.32 Å². The SMILES string of the molecule is Cc1cc(NC(=O)c2ccc(F)cc2)n(-c2nc3ccccc3s2)n1. The Balaban J connectivity index is 1.69. The third-order valence-electron chi connectivity index (χ3n) is 3.64. The molecule has 0 saturated heterocycles. The Bertz CT molecular complexity index is 1040. The Morgan fingerprint density at radius 1 is 1.16 bits per heavy atom. The number of fused-ring (bicyclic) bond motifs is 1. The zero-order chi connectivity index (χ0) is 17.4. The number of amides is 1. The van der Waals surface area contributed by atoms with Gasteiger partial charge in [-0.25, -0.2) is 9.37 Å². The Kier molecular flexibility index (Phi) is 3.77. The third-order valence-corrected chi connectivity index (χ3v) is 4.66. The summed E-state index contributed by atoms with van der Waals surface area (Å²) < 4.78 is 15.7. The highest BCUT2D eigenvalue weighted by molar-refractivity contribution is 7.20. The molecule has 4 rings (SSSR count). The Morgan fingerprint density at radius 3 is 2.68 bits per heavy atom. The lowest BCUT2D eigenvalue weighted by Crippen LogP contribution is -2.15. The smallest absolute Gasteiger partial charge is 0.256 e. The summed E-state index contributed by atoms with van der Waals surface area (Å²) in [6, 6.07) is 15.0. The molecule has 4 aromatic rings. The van der Waals surface area contributed by atoms with E-state index < -0.39 is 0 Å². The largest absolute Gasteiger partial charge is 0.306 e. The van der Waals surface area contributed by atoms with Gasteiger partial charge in [0.25, 0.3) is 5.91 Å². The first-order valence-corrected chi connectivity index (χ1v) is 8.41. The van der Waals surface area contributed by atoms with Crippen molar-refractivity contribution >= 4 is 33.3 Å². The lowest BCUT2D eigenvalue weighted by molar-refractivity contribution is 0.102. The molecule has 7 heteroatoms. The van der Waals surface area contributed by atoms with Gasteiger partial charge in [0, 0.05) is 11.6 Å². The molecule has 1 N–H and O–H groups in total. The molecule has 0 unspecified atom stereocenters. The van der Waals surface area contributed by atoms with Crippen LogP contribution in [0.2, 0.25) is 0 Å². The number of halogens is 1. The molecule has 0 fully saturated rings. The number of hydrogen-bond donors (Lipinski definition) is 1. The molecule has 25 heavy (non-hydrogen) atoms. The standard InChI is InChI=1S/C18H13FN4OS/c1-11-10-16(21-17(24)12-6-8-13(19)9-7-12)23(22-11)18-20-14-4-2-3-5-15(14)25-18/h2-10H,1H3,(H,21,24). The molecule has 0 aliphatic carbocycles. The maximum Gasteiger partial charge on any atom is 0.256 e. The molecule has 2 heterocycles. The van der Waals surface area contributed by atoms with Gasteiger partial charge in [-0.3, -0.25) is 4.79 Å². The van der Waals surface area contributed by atoms with Gasteiger partial charge in [0.1, 0.15) is 11.6 Å². The second-order valence-electron chi connectivity index (χ2n) is 5.51. The average Bonchev–Trinajstić information content (AvgIpc) is 3.18. The number of nitrogens with zero attached hydrogens (tertiary/aromatic N) is 3. The number of carbonyl (C=O) groups is 1. The highest BCUT2D eigenvalue weighted by Gasteiger charge is 2.15. The average molecular weight is 352 g/mol. The van der Waals surface area contributed by atoms with E-state index in [1.807, 2.05) is 31.2 Å². The zero-order valence-corrected chi connectivity index (χ0v) is 14.0. The summed E-state index contributed by atoms with van der Waals surface area (Å²) in [7, 11) is 0. The number of nitrogens with one attached hydrogen (secondary N) is 1. The second kappa shape index (κ2) is 6.10. The van der Waals surface area contributed by atoms with Crippen molar-refractivity contribution in [2.24, 2.45) is 0 Å². The van der Waals surface area contributed by atoms with Gasteiger partial charge in [0.15, 0.2) is 0 Å². The number of anilines is 1. The van der Waals surface area contributed by atoms with Gasteiger partial charge in [-0.15, -0.1) is 0 Å². The van der Waals surface area contributed by atoms with Crippen molar-refractivity contribution in [2.45, 2.75) is 6.92 Å². The lowest BCUT2D eigenvalue weighted by atomic mass is 10.2. The van der Waals surface area contributed by atoms with Crippen molar-refractivity contribution in [3.05, 3.63) is 71.7 Å². The van der Waals surface area contributed by atoms with Gasteiger partial charge >= 0.3 is 0 Å². The zero-order valence-electron chi connectivity index (χ0n) is 13.2. The first-order chi connectivity index (χ1) is 12.1. The van der Waals surface area contributed by atoms with Crippen LogP contribution in [0.25, 0.3) is 15.3 Å². The molecule has 0 bridgehead atoms. The molecule has 1 amide bonds. The molecular weight excluding hydrogens is 339 g/mol. The number of thiazole rings is 1. The molecule has 2 aromatic heterocycles. The first kappa shape index (κ1) is 15.5. The first-order valence-electron chi connectivity index (χ1n) is 7.60. The van der Waals surface area contributed by atoms with E-state index in [9.17, 15) is 9.18 Å². The summed E-state index contributed by atoms with van der Waals surface area (Å²) in [5.41, 5.74) is 2.01. The Hall–Kier alpha value is -3.06. The minimum absolute atomic E-state index is 0.331. The number of aromatic nitrogens is 3. The fourth-order valence-electron chi connectivity index (χ4n) is 2.47. The van der Waals surface area contributed by atoms with Crippen LogP contribution < -0.4 is 5.32 Å². The third kappa shape index (κ3) is 3.01. The van der Waals surface area contributed by atoms with E-state index in [-0.39, 0.29) is 11.7 Å². The van der Waals surface area contributed by atoms with E-state index in [1.54, 1.807) is 10.7 Å². The number of carbonyl (C=O) groups excluding carboxylic acids is 1. The van der Waals surface area contributed by atoms with E-state index in [2.05, 4.69) is 15.4 Å². The van der Waals surface area contributed by atoms with Crippen molar-refractivity contribution in [3.8, 4) is 5.13 Å². The summed E-state index contributed by atoms with van der Waals surface area (Å²) in [4.78, 5) is 17.0. The summed E-state index contributed by atoms with van der Waals surface area (Å²) in [6.07, 6.45) is 0. The molecule has 2 aromatic carbocycles. The second-order valence-corrected chi connectivity index (χ2v) is 6.52. The number of hydrogen-bond acceptors (Lipinski definition) is 4. The van der Waals surface area contributed by atoms with Crippen molar-refractivity contribution in [2.75, 3.05) is 5.32 Å². The quantitative estimate of drug-likeness (QED) is 0.602. The van der Waals surface area contributed by atoms with Gasteiger partial charge in [-0.2, -0.15) is 9.78 Å². The van der Waals surface area contributed by atoms with Crippen LogP contribution in [0.4, 0.5) is 10.2 Å². The predicted octanol–water partition coefficient (Wildman–Crippen LogP) is 4.18. The molecule has 124 valence electrons. The molecule has 5 nitrogen and oxygen atoms in total. The van der Waals surface area contributed by atoms with E-state index in [0.717, 1.165) is 15.9 Å². The number of para-hydroxylation sites is 1. The van der Waals surface area contributed by atoms with E-state index in [1.165, 1.54) is 35.6 Å². The fourth-order valence-corrected chi connectivity index (χ4v) is 3.41. The van der Waals surface area contributed by atoms with Crippen molar-refractivity contribution in [3.63, 3.8) is 0 Å². The molecule has 0 aliphatic rings. The van der Waals surface area contributed by atoms with Crippen LogP contribution in [0, 0.1) is 12.7 Å². The fraction of sp³-hybridized carbons (Fsp3) is 0.0556. The minimum atomic E-state index is -0.382. The summed E-state index contributed by atoms with van der Waals surface area (Å²) in [6.45, 7) is 1.84. The van der Waals surface area contributed by atoms with Crippen molar-refractivity contribution < 1.29 is 9.18 Å². The summed E-state index contributed by atoms with van der Waals surface area (Å²) >= 11 is 1.49. The van der Waals surface area contributed by atoms with Crippen LogP contribution in [0.15, 0.2) is 54.6 Å². The highest BCUT2D eigenvalue weighted by atomic mass is 32.1. The molecule has 0 spiro atoms. The molecule has 0 saturated carbocycles. The predicted molar refractivity (Wildman–Crippen MR) is 95.8 cm³/mol. The van der Waals surface area contributed by atoms with Gasteiger partial charge in [0.2, 0.25) is 5.13 Å². The topological polar surface area (TPSA) is 59.8 Å². The minimum Gasteiger partial charge on any atom is -0.306 e. The lowest BCUT2D eigenvalue weighted by Gasteiger charge is -2.06. The van der Waals surface area contributed by atoms with Crippen LogP contribution in [0.3, 0.4) is 0 Å².